The van der Waals surface area contributed by atoms with Crippen molar-refractivity contribution >= 4 is 15.9 Å². The van der Waals surface area contributed by atoms with E-state index in [-0.39, 0.29) is 0 Å². The van der Waals surface area contributed by atoms with Crippen LogP contribution in [0, 0.1) is 6.92 Å². The molecule has 0 saturated carbocycles. The average Bonchev–Trinajstić information content (AvgIpc) is 2.30. The molecule has 0 aliphatic heterocycles. The van der Waals surface area contributed by atoms with Gasteiger partial charge in [0.05, 0.1) is 0 Å². The molecular weight excluding hydrogens is 272 g/mol. The van der Waals surface area contributed by atoms with E-state index >= 15 is 0 Å². The largest absolute Gasteiger partial charge is 0.0891 e. The van der Waals surface area contributed by atoms with Crippen molar-refractivity contribution in [3.63, 3.8) is 0 Å². The molecule has 0 rings (SSSR count). The van der Waals surface area contributed by atoms with Crippen LogP contribution in [0.15, 0.2) is 0 Å². The van der Waals surface area contributed by atoms with Gasteiger partial charge in [0.1, 0.15) is 0 Å². The molecule has 0 amide bonds. The molecule has 0 bridgehead atoms. The third-order valence-electron chi connectivity index (χ3n) is 3.37. The van der Waals surface area contributed by atoms with E-state index in [0.717, 1.165) is 0 Å². The highest BCUT2D eigenvalue weighted by molar-refractivity contribution is 9.09. The van der Waals surface area contributed by atoms with Crippen molar-refractivity contribution in [3.8, 4) is 0 Å². The number of unbranched alkanes of at least 4 members (excludes halogenated alkanes) is 11. The Morgan fingerprint density at radius 2 is 1.06 bits per heavy atom. The summed E-state index contributed by atoms with van der Waals surface area (Å²) in [5, 5.41) is 0. The summed E-state index contributed by atoms with van der Waals surface area (Å²) in [6, 6.07) is 0. The maximum absolute atomic E-state index is 3.94. The van der Waals surface area contributed by atoms with Gasteiger partial charge in [0.25, 0.3) is 0 Å². The molecule has 0 aromatic heterocycles. The van der Waals surface area contributed by atoms with Gasteiger partial charge >= 0.3 is 0 Å². The van der Waals surface area contributed by atoms with Gasteiger partial charge in [0.2, 0.25) is 0 Å². The van der Waals surface area contributed by atoms with Crippen molar-refractivity contribution in [3.05, 3.63) is 6.92 Å². The molecule has 0 aromatic carbocycles. The highest BCUT2D eigenvalue weighted by Gasteiger charge is 1.96. The van der Waals surface area contributed by atoms with E-state index in [4.69, 9.17) is 0 Å². The molecule has 0 aliphatic rings. The summed E-state index contributed by atoms with van der Waals surface area (Å²) < 4.78 is 0. The van der Waals surface area contributed by atoms with Crippen LogP contribution < -0.4 is 0 Å². The third-order valence-corrected chi connectivity index (χ3v) is 3.83. The predicted octanol–water partition coefficient (Wildman–Crippen LogP) is 6.68. The number of hydrogen-bond acceptors (Lipinski definition) is 0. The van der Waals surface area contributed by atoms with Gasteiger partial charge in [-0.15, -0.1) is 0 Å². The molecule has 0 nitrogen and oxygen atoms in total. The predicted molar refractivity (Wildman–Crippen MR) is 83.8 cm³/mol. The topological polar surface area (TPSA) is 0 Å². The highest BCUT2D eigenvalue weighted by atomic mass is 79.9. The Hall–Kier alpha value is 0.480. The van der Waals surface area contributed by atoms with E-state index in [1.165, 1.54) is 83.5 Å². The average molecular weight is 304 g/mol. The van der Waals surface area contributed by atoms with E-state index in [9.17, 15) is 0 Å². The molecule has 0 aliphatic carbocycles. The zero-order chi connectivity index (χ0) is 12.8. The fourth-order valence-electron chi connectivity index (χ4n) is 2.21. The van der Waals surface area contributed by atoms with Crippen LogP contribution in [-0.2, 0) is 0 Å². The molecule has 0 spiro atoms. The lowest BCUT2D eigenvalue weighted by molar-refractivity contribution is 0.541. The van der Waals surface area contributed by atoms with Crippen molar-refractivity contribution in [1.82, 2.24) is 0 Å². The minimum Gasteiger partial charge on any atom is -0.0891 e. The number of alkyl halides is 1. The van der Waals surface area contributed by atoms with Gasteiger partial charge < -0.3 is 0 Å². The van der Waals surface area contributed by atoms with Gasteiger partial charge in [0, 0.05) is 4.83 Å². The molecular formula is C16H32Br. The van der Waals surface area contributed by atoms with E-state index in [1.807, 2.05) is 0 Å². The highest BCUT2D eigenvalue weighted by Crippen LogP contribution is 2.14. The summed E-state index contributed by atoms with van der Waals surface area (Å²) in [5.41, 5.74) is 0. The Bertz CT molecular complexity index is 131. The zero-order valence-corrected chi connectivity index (χ0v) is 13.4. The number of halogens is 1. The normalized spacial score (nSPS) is 12.9. The summed E-state index contributed by atoms with van der Waals surface area (Å²) in [5.74, 6) is 0. The van der Waals surface area contributed by atoms with Crippen LogP contribution >= 0.6 is 15.9 Å². The van der Waals surface area contributed by atoms with E-state index in [1.54, 1.807) is 0 Å². The van der Waals surface area contributed by atoms with E-state index in [0.29, 0.717) is 4.83 Å². The second kappa shape index (κ2) is 14.5. The van der Waals surface area contributed by atoms with Crippen LogP contribution in [0.5, 0.6) is 0 Å². The van der Waals surface area contributed by atoms with Gasteiger partial charge in [-0.3, -0.25) is 0 Å². The lowest BCUT2D eigenvalue weighted by Crippen LogP contribution is -1.89. The number of rotatable bonds is 13. The maximum atomic E-state index is 3.94. The molecule has 1 atom stereocenters. The number of hydrogen-bond donors (Lipinski definition) is 0. The SMILES string of the molecule is [CH2]C(Br)CCCCCCCCCCCCCC. The lowest BCUT2D eigenvalue weighted by Gasteiger charge is -2.03. The summed E-state index contributed by atoms with van der Waals surface area (Å²) >= 11 is 3.49. The Morgan fingerprint density at radius 1 is 0.706 bits per heavy atom. The first-order chi connectivity index (χ1) is 8.27. The monoisotopic (exact) mass is 303 g/mol. The molecule has 0 N–H and O–H groups in total. The van der Waals surface area contributed by atoms with Gasteiger partial charge in [-0.2, -0.15) is 0 Å². The van der Waals surface area contributed by atoms with Gasteiger partial charge in [0.15, 0.2) is 0 Å². The summed E-state index contributed by atoms with van der Waals surface area (Å²) in [7, 11) is 0. The molecule has 0 heterocycles. The Kier molecular flexibility index (Phi) is 15.0. The van der Waals surface area contributed by atoms with Gasteiger partial charge in [-0.1, -0.05) is 99.9 Å². The van der Waals surface area contributed by atoms with E-state index in [2.05, 4.69) is 29.8 Å². The molecule has 0 saturated heterocycles. The van der Waals surface area contributed by atoms with Crippen molar-refractivity contribution in [1.29, 1.82) is 0 Å². The van der Waals surface area contributed by atoms with Crippen LogP contribution in [0.1, 0.15) is 90.4 Å². The van der Waals surface area contributed by atoms with Gasteiger partial charge in [-0.05, 0) is 13.3 Å². The molecule has 17 heavy (non-hydrogen) atoms. The van der Waals surface area contributed by atoms with E-state index < -0.39 is 0 Å². The molecule has 1 heteroatoms. The van der Waals surface area contributed by atoms with Crippen LogP contribution in [0.3, 0.4) is 0 Å². The summed E-state index contributed by atoms with van der Waals surface area (Å²) in [6.07, 6.45) is 18.4. The van der Waals surface area contributed by atoms with Crippen molar-refractivity contribution in [2.24, 2.45) is 0 Å². The fourth-order valence-corrected chi connectivity index (χ4v) is 2.53. The van der Waals surface area contributed by atoms with Crippen molar-refractivity contribution in [2.45, 2.75) is 95.2 Å². The zero-order valence-electron chi connectivity index (χ0n) is 11.9. The van der Waals surface area contributed by atoms with Crippen LogP contribution in [-0.4, -0.2) is 4.83 Å². The second-order valence-corrected chi connectivity index (χ2v) is 6.57. The smallest absolute Gasteiger partial charge is 0.0146 e. The minimum atomic E-state index is 0.464. The summed E-state index contributed by atoms with van der Waals surface area (Å²) in [4.78, 5) is 0.464. The van der Waals surface area contributed by atoms with Gasteiger partial charge in [-0.25, -0.2) is 0 Å². The lowest BCUT2D eigenvalue weighted by atomic mass is 10.0. The third kappa shape index (κ3) is 16.5. The molecule has 1 unspecified atom stereocenters. The molecule has 0 fully saturated rings. The molecule has 103 valence electrons. The maximum Gasteiger partial charge on any atom is 0.0146 e. The first-order valence-corrected chi connectivity index (χ1v) is 8.66. The Morgan fingerprint density at radius 3 is 1.41 bits per heavy atom. The molecule has 0 aromatic rings. The first-order valence-electron chi connectivity index (χ1n) is 7.74. The standard InChI is InChI=1S/C16H32Br/c1-3-4-5-6-7-8-9-10-11-12-13-14-15-16(2)17/h16H,2-15H2,1H3. The Balaban J connectivity index is 2.89. The van der Waals surface area contributed by atoms with Crippen molar-refractivity contribution < 1.29 is 0 Å². The van der Waals surface area contributed by atoms with Crippen molar-refractivity contribution in [2.75, 3.05) is 0 Å². The minimum absolute atomic E-state index is 0.464. The van der Waals surface area contributed by atoms with Crippen LogP contribution in [0.4, 0.5) is 0 Å². The molecule has 1 radical (unpaired) electrons. The fraction of sp³-hybridized carbons (Fsp3) is 0.938. The first kappa shape index (κ1) is 17.5. The quantitative estimate of drug-likeness (QED) is 0.263. The Labute approximate surface area is 118 Å². The summed E-state index contributed by atoms with van der Waals surface area (Å²) in [6.45, 7) is 6.23. The van der Waals surface area contributed by atoms with Crippen LogP contribution in [0.2, 0.25) is 0 Å². The van der Waals surface area contributed by atoms with Crippen LogP contribution in [0.25, 0.3) is 0 Å². The second-order valence-electron chi connectivity index (χ2n) is 5.28.